The van der Waals surface area contributed by atoms with Gasteiger partial charge in [-0.25, -0.2) is 0 Å². The van der Waals surface area contributed by atoms with Crippen molar-refractivity contribution in [1.82, 2.24) is 0 Å². The summed E-state index contributed by atoms with van der Waals surface area (Å²) in [4.78, 5) is 11.5. The highest BCUT2D eigenvalue weighted by atomic mass is 16.1. The second-order valence-electron chi connectivity index (χ2n) is 4.12. The molecule has 0 heterocycles. The lowest BCUT2D eigenvalue weighted by atomic mass is 9.97. The number of nitrogens with two attached hydrogens (primary N) is 1. The summed E-state index contributed by atoms with van der Waals surface area (Å²) >= 11 is 0. The highest BCUT2D eigenvalue weighted by molar-refractivity contribution is 5.83. The van der Waals surface area contributed by atoms with Crippen molar-refractivity contribution < 1.29 is 4.79 Å². The van der Waals surface area contributed by atoms with Crippen molar-refractivity contribution in [1.29, 1.82) is 0 Å². The lowest BCUT2D eigenvalue weighted by Gasteiger charge is -2.13. The predicted molar refractivity (Wildman–Crippen MR) is 61.1 cm³/mol. The molecule has 0 fully saturated rings. The highest BCUT2D eigenvalue weighted by Gasteiger charge is 2.15. The molecule has 0 radical (unpaired) electrons. The molecule has 14 heavy (non-hydrogen) atoms. The summed E-state index contributed by atoms with van der Waals surface area (Å²) in [6, 6.07) is -0.269. The number of hydrogen-bond donors (Lipinski definition) is 1. The molecule has 2 heteroatoms. The fourth-order valence-corrected chi connectivity index (χ4v) is 1.30. The van der Waals surface area contributed by atoms with Crippen LogP contribution in [0.15, 0.2) is 12.7 Å². The van der Waals surface area contributed by atoms with Crippen molar-refractivity contribution in [3.63, 3.8) is 0 Å². The summed E-state index contributed by atoms with van der Waals surface area (Å²) < 4.78 is 0. The van der Waals surface area contributed by atoms with E-state index in [1.807, 2.05) is 19.9 Å². The molecule has 0 aromatic rings. The molecule has 0 aromatic heterocycles. The topological polar surface area (TPSA) is 43.1 Å². The zero-order valence-corrected chi connectivity index (χ0v) is 9.46. The van der Waals surface area contributed by atoms with Crippen LogP contribution < -0.4 is 5.73 Å². The first-order valence-electron chi connectivity index (χ1n) is 5.48. The number of rotatable bonds is 8. The zero-order chi connectivity index (χ0) is 11.0. The molecule has 0 saturated carbocycles. The van der Waals surface area contributed by atoms with E-state index >= 15 is 0 Å². The van der Waals surface area contributed by atoms with Gasteiger partial charge in [-0.1, -0.05) is 26.3 Å². The molecule has 2 N–H and O–H groups in total. The lowest BCUT2D eigenvalue weighted by Crippen LogP contribution is -2.35. The second kappa shape index (κ2) is 7.74. The lowest BCUT2D eigenvalue weighted by molar-refractivity contribution is -0.121. The average molecular weight is 197 g/mol. The smallest absolute Gasteiger partial charge is 0.149 e. The van der Waals surface area contributed by atoms with Gasteiger partial charge in [-0.15, -0.1) is 6.58 Å². The Labute approximate surface area is 87.6 Å². The van der Waals surface area contributed by atoms with Gasteiger partial charge in [-0.2, -0.15) is 0 Å². The Bertz CT molecular complexity index is 175. The maximum atomic E-state index is 11.5. The molecule has 0 bridgehead atoms. The van der Waals surface area contributed by atoms with Crippen LogP contribution >= 0.6 is 0 Å². The minimum absolute atomic E-state index is 0.207. The molecule has 1 atom stereocenters. The highest BCUT2D eigenvalue weighted by Crippen LogP contribution is 2.08. The largest absolute Gasteiger partial charge is 0.321 e. The van der Waals surface area contributed by atoms with Gasteiger partial charge >= 0.3 is 0 Å². The molecule has 0 aliphatic carbocycles. The molecule has 2 nitrogen and oxygen atoms in total. The molecule has 0 amide bonds. The fraction of sp³-hybridized carbons (Fsp3) is 0.750. The maximum absolute atomic E-state index is 11.5. The number of unbranched alkanes of at least 4 members (excludes halogenated alkanes) is 3. The van der Waals surface area contributed by atoms with Gasteiger partial charge in [-0.3, -0.25) is 4.79 Å². The number of allylic oxidation sites excluding steroid dienone is 1. The van der Waals surface area contributed by atoms with Gasteiger partial charge in [0.15, 0.2) is 0 Å². The van der Waals surface area contributed by atoms with E-state index in [0.29, 0.717) is 6.42 Å². The minimum atomic E-state index is -0.269. The van der Waals surface area contributed by atoms with Gasteiger partial charge in [0.1, 0.15) is 5.78 Å². The summed E-state index contributed by atoms with van der Waals surface area (Å²) in [6.07, 6.45) is 6.80. The summed E-state index contributed by atoms with van der Waals surface area (Å²) in [5.74, 6) is 0.467. The Morgan fingerprint density at radius 2 is 2.00 bits per heavy atom. The van der Waals surface area contributed by atoms with Crippen molar-refractivity contribution in [2.45, 2.75) is 52.0 Å². The minimum Gasteiger partial charge on any atom is -0.321 e. The van der Waals surface area contributed by atoms with Crippen molar-refractivity contribution in [2.24, 2.45) is 11.7 Å². The van der Waals surface area contributed by atoms with Crippen LogP contribution in [0.2, 0.25) is 0 Å². The molecule has 0 aliphatic heterocycles. The van der Waals surface area contributed by atoms with Gasteiger partial charge in [0.2, 0.25) is 0 Å². The number of carbonyl (C=O) groups excluding carboxylic acids is 1. The standard InChI is InChI=1S/C12H23NO/c1-4-5-6-7-8-9-11(14)12(13)10(2)3/h4,10,12H,1,5-9,13H2,2-3H3. The van der Waals surface area contributed by atoms with E-state index in [0.717, 1.165) is 25.7 Å². The number of ketones is 1. The zero-order valence-electron chi connectivity index (χ0n) is 9.46. The van der Waals surface area contributed by atoms with Crippen LogP contribution in [0, 0.1) is 5.92 Å². The molecule has 0 spiro atoms. The first-order valence-corrected chi connectivity index (χ1v) is 5.48. The number of carbonyl (C=O) groups is 1. The number of hydrogen-bond acceptors (Lipinski definition) is 2. The molecular weight excluding hydrogens is 174 g/mol. The van der Waals surface area contributed by atoms with Crippen molar-refractivity contribution in [3.05, 3.63) is 12.7 Å². The fourth-order valence-electron chi connectivity index (χ4n) is 1.30. The average Bonchev–Trinajstić information content (AvgIpc) is 2.16. The van der Waals surface area contributed by atoms with E-state index in [1.165, 1.54) is 0 Å². The van der Waals surface area contributed by atoms with Crippen LogP contribution in [0.3, 0.4) is 0 Å². The van der Waals surface area contributed by atoms with Crippen molar-refractivity contribution in [3.8, 4) is 0 Å². The Hall–Kier alpha value is -0.630. The summed E-state index contributed by atoms with van der Waals surface area (Å²) in [6.45, 7) is 7.63. The molecule has 0 aliphatic rings. The first-order chi connectivity index (χ1) is 6.59. The van der Waals surface area contributed by atoms with Crippen LogP contribution in [0.4, 0.5) is 0 Å². The van der Waals surface area contributed by atoms with Crippen LogP contribution in [0.25, 0.3) is 0 Å². The Morgan fingerprint density at radius 3 is 2.50 bits per heavy atom. The SMILES string of the molecule is C=CCCCCCC(=O)C(N)C(C)C. The Kier molecular flexibility index (Phi) is 7.40. The molecule has 0 aromatic carbocycles. The summed E-state index contributed by atoms with van der Waals surface area (Å²) in [5, 5.41) is 0. The molecule has 1 unspecified atom stereocenters. The molecule has 82 valence electrons. The molecular formula is C12H23NO. The third-order valence-corrected chi connectivity index (χ3v) is 2.42. The maximum Gasteiger partial charge on any atom is 0.149 e. The third-order valence-electron chi connectivity index (χ3n) is 2.42. The van der Waals surface area contributed by atoms with Crippen molar-refractivity contribution >= 4 is 5.78 Å². The van der Waals surface area contributed by atoms with E-state index in [9.17, 15) is 4.79 Å². The molecule has 0 saturated heterocycles. The van der Waals surface area contributed by atoms with E-state index in [-0.39, 0.29) is 17.7 Å². The van der Waals surface area contributed by atoms with E-state index in [4.69, 9.17) is 5.73 Å². The Morgan fingerprint density at radius 1 is 1.36 bits per heavy atom. The van der Waals surface area contributed by atoms with Gasteiger partial charge in [0.25, 0.3) is 0 Å². The monoisotopic (exact) mass is 197 g/mol. The number of Topliss-reactive ketones (excluding diaryl/α,β-unsaturated/α-hetero) is 1. The van der Waals surface area contributed by atoms with Crippen molar-refractivity contribution in [2.75, 3.05) is 0 Å². The van der Waals surface area contributed by atoms with Crippen LogP contribution in [-0.4, -0.2) is 11.8 Å². The third kappa shape index (κ3) is 5.92. The summed E-state index contributed by atoms with van der Waals surface area (Å²) in [5.41, 5.74) is 5.74. The van der Waals surface area contributed by atoms with Crippen LogP contribution in [0.5, 0.6) is 0 Å². The van der Waals surface area contributed by atoms with E-state index < -0.39 is 0 Å². The van der Waals surface area contributed by atoms with E-state index in [2.05, 4.69) is 6.58 Å². The predicted octanol–water partition coefficient (Wildman–Crippen LogP) is 2.68. The van der Waals surface area contributed by atoms with Crippen LogP contribution in [-0.2, 0) is 4.79 Å². The summed E-state index contributed by atoms with van der Waals surface area (Å²) in [7, 11) is 0. The second-order valence-corrected chi connectivity index (χ2v) is 4.12. The van der Waals surface area contributed by atoms with Gasteiger partial charge in [0.05, 0.1) is 6.04 Å². The first kappa shape index (κ1) is 13.4. The normalized spacial score (nSPS) is 12.9. The Balaban J connectivity index is 3.49. The quantitative estimate of drug-likeness (QED) is 0.480. The molecule has 0 rings (SSSR count). The van der Waals surface area contributed by atoms with Gasteiger partial charge < -0.3 is 5.73 Å². The van der Waals surface area contributed by atoms with Crippen LogP contribution in [0.1, 0.15) is 46.0 Å². The van der Waals surface area contributed by atoms with Gasteiger partial charge in [0, 0.05) is 6.42 Å². The van der Waals surface area contributed by atoms with E-state index in [1.54, 1.807) is 0 Å². The van der Waals surface area contributed by atoms with Gasteiger partial charge in [-0.05, 0) is 25.2 Å².